The number of aromatic amines is 1. The van der Waals surface area contributed by atoms with Crippen molar-refractivity contribution in [3.8, 4) is 0 Å². The normalized spacial score (nSPS) is 32.2. The van der Waals surface area contributed by atoms with Crippen LogP contribution in [0.4, 0.5) is 0 Å². The molecule has 2 heterocycles. The molecule has 0 saturated carbocycles. The molecule has 18 heavy (non-hydrogen) atoms. The Kier molecular flexibility index (Phi) is 2.79. The zero-order chi connectivity index (χ0) is 12.7. The molecule has 0 unspecified atom stereocenters. The molecule has 1 aromatic heterocycles. The SMILES string of the molecule is OC[C@H]1O[C@@H](c2nc3ccccc3[nH]2)[C@@H](O)[C@@H]1O. The number of imidazole rings is 1. The lowest BCUT2D eigenvalue weighted by molar-refractivity contribution is -0.0249. The summed E-state index contributed by atoms with van der Waals surface area (Å²) in [4.78, 5) is 7.36. The Labute approximate surface area is 103 Å². The van der Waals surface area contributed by atoms with Crippen LogP contribution in [0.3, 0.4) is 0 Å². The Balaban J connectivity index is 1.95. The van der Waals surface area contributed by atoms with E-state index in [1.54, 1.807) is 0 Å². The van der Waals surface area contributed by atoms with Gasteiger partial charge in [-0.15, -0.1) is 0 Å². The second-order valence-electron chi connectivity index (χ2n) is 4.40. The van der Waals surface area contributed by atoms with Crippen molar-refractivity contribution in [1.82, 2.24) is 9.97 Å². The zero-order valence-corrected chi connectivity index (χ0v) is 9.52. The summed E-state index contributed by atoms with van der Waals surface area (Å²) in [6, 6.07) is 7.45. The van der Waals surface area contributed by atoms with E-state index in [1.807, 2.05) is 24.3 Å². The third-order valence-corrected chi connectivity index (χ3v) is 3.22. The van der Waals surface area contributed by atoms with Crippen molar-refractivity contribution in [3.63, 3.8) is 0 Å². The van der Waals surface area contributed by atoms with Crippen LogP contribution in [0.25, 0.3) is 11.0 Å². The van der Waals surface area contributed by atoms with Gasteiger partial charge in [0.25, 0.3) is 0 Å². The molecule has 2 aromatic rings. The van der Waals surface area contributed by atoms with E-state index in [-0.39, 0.29) is 6.61 Å². The Morgan fingerprint density at radius 2 is 2.00 bits per heavy atom. The molecule has 1 aliphatic heterocycles. The van der Waals surface area contributed by atoms with Gasteiger partial charge in [-0.25, -0.2) is 4.98 Å². The zero-order valence-electron chi connectivity index (χ0n) is 9.52. The van der Waals surface area contributed by atoms with E-state index in [0.717, 1.165) is 11.0 Å². The summed E-state index contributed by atoms with van der Waals surface area (Å²) in [5.41, 5.74) is 1.61. The number of para-hydroxylation sites is 2. The molecule has 1 saturated heterocycles. The number of ether oxygens (including phenoxy) is 1. The van der Waals surface area contributed by atoms with Gasteiger partial charge in [-0.2, -0.15) is 0 Å². The van der Waals surface area contributed by atoms with Gasteiger partial charge in [0.15, 0.2) is 0 Å². The van der Waals surface area contributed by atoms with Crippen LogP contribution >= 0.6 is 0 Å². The van der Waals surface area contributed by atoms with E-state index in [0.29, 0.717) is 5.82 Å². The molecule has 4 atom stereocenters. The van der Waals surface area contributed by atoms with E-state index in [1.165, 1.54) is 0 Å². The summed E-state index contributed by atoms with van der Waals surface area (Å²) in [5.74, 6) is 0.457. The average Bonchev–Trinajstić information content (AvgIpc) is 2.92. The number of rotatable bonds is 2. The Morgan fingerprint density at radius 3 is 2.67 bits per heavy atom. The van der Waals surface area contributed by atoms with E-state index >= 15 is 0 Å². The van der Waals surface area contributed by atoms with Crippen molar-refractivity contribution in [3.05, 3.63) is 30.1 Å². The molecule has 1 fully saturated rings. The molecule has 3 rings (SSSR count). The van der Waals surface area contributed by atoms with Gasteiger partial charge < -0.3 is 25.0 Å². The summed E-state index contributed by atoms with van der Waals surface area (Å²) in [6.07, 6.45) is -3.72. The number of H-pyrrole nitrogens is 1. The van der Waals surface area contributed by atoms with E-state index in [4.69, 9.17) is 9.84 Å². The van der Waals surface area contributed by atoms with Gasteiger partial charge in [0.05, 0.1) is 17.6 Å². The van der Waals surface area contributed by atoms with Gasteiger partial charge in [-0.3, -0.25) is 0 Å². The number of aliphatic hydroxyl groups excluding tert-OH is 3. The molecule has 6 heteroatoms. The highest BCUT2D eigenvalue weighted by atomic mass is 16.6. The quantitative estimate of drug-likeness (QED) is 0.587. The minimum Gasteiger partial charge on any atom is -0.394 e. The predicted molar refractivity (Wildman–Crippen MR) is 62.8 cm³/mol. The van der Waals surface area contributed by atoms with Crippen molar-refractivity contribution in [2.75, 3.05) is 6.61 Å². The second kappa shape index (κ2) is 4.33. The summed E-state index contributed by atoms with van der Waals surface area (Å²) in [5, 5.41) is 28.6. The fourth-order valence-electron chi connectivity index (χ4n) is 2.23. The number of nitrogens with one attached hydrogen (secondary N) is 1. The largest absolute Gasteiger partial charge is 0.394 e. The van der Waals surface area contributed by atoms with Crippen LogP contribution in [0.15, 0.2) is 24.3 Å². The Hall–Kier alpha value is -1.47. The van der Waals surface area contributed by atoms with Gasteiger partial charge in [-0.1, -0.05) is 12.1 Å². The van der Waals surface area contributed by atoms with E-state index in [2.05, 4.69) is 9.97 Å². The fraction of sp³-hybridized carbons (Fsp3) is 0.417. The molecule has 0 bridgehead atoms. The Morgan fingerprint density at radius 1 is 1.22 bits per heavy atom. The molecule has 96 valence electrons. The summed E-state index contributed by atoms with van der Waals surface area (Å²) in [6.45, 7) is -0.338. The number of nitrogens with zero attached hydrogens (tertiary/aromatic N) is 1. The van der Waals surface area contributed by atoms with Gasteiger partial charge in [0.1, 0.15) is 30.2 Å². The van der Waals surface area contributed by atoms with E-state index in [9.17, 15) is 10.2 Å². The van der Waals surface area contributed by atoms with Gasteiger partial charge >= 0.3 is 0 Å². The van der Waals surface area contributed by atoms with Gasteiger partial charge in [0, 0.05) is 0 Å². The minimum absolute atomic E-state index is 0.338. The van der Waals surface area contributed by atoms with Crippen molar-refractivity contribution in [2.45, 2.75) is 24.4 Å². The summed E-state index contributed by atoms with van der Waals surface area (Å²) in [7, 11) is 0. The van der Waals surface area contributed by atoms with Crippen molar-refractivity contribution in [1.29, 1.82) is 0 Å². The molecule has 0 amide bonds. The first-order chi connectivity index (χ1) is 8.70. The molecule has 0 radical (unpaired) electrons. The fourth-order valence-corrected chi connectivity index (χ4v) is 2.23. The maximum Gasteiger partial charge on any atom is 0.144 e. The third-order valence-electron chi connectivity index (χ3n) is 3.22. The molecule has 6 nitrogen and oxygen atoms in total. The van der Waals surface area contributed by atoms with Crippen LogP contribution < -0.4 is 0 Å². The molecule has 4 N–H and O–H groups in total. The minimum atomic E-state index is -1.10. The smallest absolute Gasteiger partial charge is 0.144 e. The summed E-state index contributed by atoms with van der Waals surface area (Å²) >= 11 is 0. The van der Waals surface area contributed by atoms with Gasteiger partial charge in [0.2, 0.25) is 0 Å². The highest BCUT2D eigenvalue weighted by Gasteiger charge is 2.44. The van der Waals surface area contributed by atoms with Crippen LogP contribution in [0.2, 0.25) is 0 Å². The molecule has 0 aliphatic carbocycles. The van der Waals surface area contributed by atoms with Crippen LogP contribution in [-0.4, -0.2) is 50.2 Å². The predicted octanol–water partition coefficient (Wildman–Crippen LogP) is -0.283. The first kappa shape index (κ1) is 11.6. The van der Waals surface area contributed by atoms with Crippen LogP contribution in [0, 0.1) is 0 Å². The second-order valence-corrected chi connectivity index (χ2v) is 4.40. The topological polar surface area (TPSA) is 98.6 Å². The first-order valence-corrected chi connectivity index (χ1v) is 5.78. The highest BCUT2D eigenvalue weighted by Crippen LogP contribution is 2.32. The average molecular weight is 250 g/mol. The molecule has 1 aromatic carbocycles. The lowest BCUT2D eigenvalue weighted by Crippen LogP contribution is -2.32. The first-order valence-electron chi connectivity index (χ1n) is 5.78. The number of aromatic nitrogens is 2. The van der Waals surface area contributed by atoms with Crippen LogP contribution in [-0.2, 0) is 4.74 Å². The summed E-state index contributed by atoms with van der Waals surface area (Å²) < 4.78 is 5.41. The van der Waals surface area contributed by atoms with Crippen LogP contribution in [0.1, 0.15) is 11.9 Å². The third kappa shape index (κ3) is 1.70. The molecule has 1 aliphatic rings. The van der Waals surface area contributed by atoms with Crippen molar-refractivity contribution < 1.29 is 20.1 Å². The van der Waals surface area contributed by atoms with Crippen molar-refractivity contribution in [2.24, 2.45) is 0 Å². The number of hydrogen-bond acceptors (Lipinski definition) is 5. The number of aliphatic hydroxyl groups is 3. The maximum absolute atomic E-state index is 9.89. The standard InChI is InChI=1S/C12H14N2O4/c15-5-8-9(16)10(17)11(18-8)12-13-6-3-1-2-4-7(6)14-12/h1-4,8-11,15-17H,5H2,(H,13,14)/t8-,9-,10+,11-/m1/s1. The maximum atomic E-state index is 9.89. The lowest BCUT2D eigenvalue weighted by Gasteiger charge is -2.11. The monoisotopic (exact) mass is 250 g/mol. The van der Waals surface area contributed by atoms with E-state index < -0.39 is 24.4 Å². The van der Waals surface area contributed by atoms with Crippen molar-refractivity contribution >= 4 is 11.0 Å². The van der Waals surface area contributed by atoms with Gasteiger partial charge in [-0.05, 0) is 12.1 Å². The lowest BCUT2D eigenvalue weighted by atomic mass is 10.1. The number of benzene rings is 1. The highest BCUT2D eigenvalue weighted by molar-refractivity contribution is 5.74. The molecular formula is C12H14N2O4. The van der Waals surface area contributed by atoms with Crippen LogP contribution in [0.5, 0.6) is 0 Å². The Bertz CT molecular complexity index is 523. The number of hydrogen-bond donors (Lipinski definition) is 4. The molecular weight excluding hydrogens is 236 g/mol. The number of fused-ring (bicyclic) bond motifs is 1. The molecule has 0 spiro atoms.